The van der Waals surface area contributed by atoms with Crippen LogP contribution >= 0.6 is 0 Å². The van der Waals surface area contributed by atoms with Crippen LogP contribution in [0.3, 0.4) is 0 Å². The number of likely N-dealkylation sites (N-methyl/N-ethyl adjacent to an activating group) is 1. The molecule has 0 saturated carbocycles. The van der Waals surface area contributed by atoms with E-state index in [2.05, 4.69) is 15.5 Å². The van der Waals surface area contributed by atoms with E-state index in [9.17, 15) is 14.4 Å². The number of imide groups is 1. The van der Waals surface area contributed by atoms with Gasteiger partial charge < -0.3 is 15.3 Å². The summed E-state index contributed by atoms with van der Waals surface area (Å²) in [6.07, 6.45) is 1.87. The number of piperidine rings is 1. The van der Waals surface area contributed by atoms with E-state index in [1.807, 2.05) is 7.05 Å². The van der Waals surface area contributed by atoms with Crippen molar-refractivity contribution in [2.75, 3.05) is 20.1 Å². The summed E-state index contributed by atoms with van der Waals surface area (Å²) in [5.74, 6) is -1.68. The smallest absolute Gasteiger partial charge is 0.321 e. The van der Waals surface area contributed by atoms with E-state index < -0.39 is 17.9 Å². The lowest BCUT2D eigenvalue weighted by molar-refractivity contribution is -0.138. The van der Waals surface area contributed by atoms with Crippen LogP contribution in [0.1, 0.15) is 32.6 Å². The summed E-state index contributed by atoms with van der Waals surface area (Å²) in [5.41, 5.74) is 0. The molecule has 1 saturated heterocycles. The standard InChI is InChI=1S/C13H23N3O4/c1-9(7-12(18)19)6-11(17)15-13(20)14-10-4-3-5-16(2)8-10/h9-10H,3-8H2,1-2H3,(H,18,19)(H2,14,15,17,20). The number of hydrogen-bond acceptors (Lipinski definition) is 4. The molecule has 7 nitrogen and oxygen atoms in total. The number of hydrogen-bond donors (Lipinski definition) is 3. The molecule has 3 N–H and O–H groups in total. The number of likely N-dealkylation sites (tertiary alicyclic amines) is 1. The number of carboxylic acid groups (broad SMARTS) is 1. The van der Waals surface area contributed by atoms with Crippen molar-refractivity contribution in [3.05, 3.63) is 0 Å². The molecule has 1 aliphatic heterocycles. The van der Waals surface area contributed by atoms with Gasteiger partial charge in [0.05, 0.1) is 0 Å². The highest BCUT2D eigenvalue weighted by molar-refractivity contribution is 5.94. The molecule has 1 heterocycles. The van der Waals surface area contributed by atoms with Gasteiger partial charge in [0.15, 0.2) is 0 Å². The van der Waals surface area contributed by atoms with E-state index in [4.69, 9.17) is 5.11 Å². The molecule has 0 aromatic carbocycles. The Morgan fingerprint density at radius 3 is 2.65 bits per heavy atom. The summed E-state index contributed by atoms with van der Waals surface area (Å²) in [6, 6.07) is -0.448. The van der Waals surface area contributed by atoms with Crippen LogP contribution in [-0.4, -0.2) is 54.1 Å². The van der Waals surface area contributed by atoms with Gasteiger partial charge in [0.2, 0.25) is 5.91 Å². The molecule has 0 bridgehead atoms. The Kier molecular flexibility index (Phi) is 6.44. The molecule has 0 spiro atoms. The highest BCUT2D eigenvalue weighted by Crippen LogP contribution is 2.08. The summed E-state index contributed by atoms with van der Waals surface area (Å²) in [4.78, 5) is 35.9. The Hall–Kier alpha value is -1.63. The van der Waals surface area contributed by atoms with Crippen LogP contribution in [0, 0.1) is 5.92 Å². The number of nitrogens with one attached hydrogen (secondary N) is 2. The quantitative estimate of drug-likeness (QED) is 0.679. The second-order valence-electron chi connectivity index (χ2n) is 5.53. The highest BCUT2D eigenvalue weighted by atomic mass is 16.4. The summed E-state index contributed by atoms with van der Waals surface area (Å²) >= 11 is 0. The van der Waals surface area contributed by atoms with E-state index in [0.717, 1.165) is 25.9 Å². The zero-order valence-corrected chi connectivity index (χ0v) is 12.0. The zero-order chi connectivity index (χ0) is 15.1. The molecule has 1 rings (SSSR count). The lowest BCUT2D eigenvalue weighted by Crippen LogP contribution is -2.50. The predicted molar refractivity (Wildman–Crippen MR) is 73.2 cm³/mol. The van der Waals surface area contributed by atoms with Crippen LogP contribution in [0.5, 0.6) is 0 Å². The van der Waals surface area contributed by atoms with Crippen LogP contribution in [0.15, 0.2) is 0 Å². The van der Waals surface area contributed by atoms with Gasteiger partial charge in [-0.05, 0) is 32.4 Å². The SMILES string of the molecule is CC(CC(=O)O)CC(=O)NC(=O)NC1CCCN(C)C1. The average molecular weight is 285 g/mol. The number of amides is 3. The maximum Gasteiger partial charge on any atom is 0.321 e. The van der Waals surface area contributed by atoms with Crippen LogP contribution < -0.4 is 10.6 Å². The molecule has 114 valence electrons. The first kappa shape index (κ1) is 16.4. The molecule has 0 aromatic heterocycles. The molecular weight excluding hydrogens is 262 g/mol. The number of carbonyl (C=O) groups excluding carboxylic acids is 2. The first-order chi connectivity index (χ1) is 9.36. The van der Waals surface area contributed by atoms with E-state index in [-0.39, 0.29) is 24.8 Å². The van der Waals surface area contributed by atoms with Crippen molar-refractivity contribution in [2.24, 2.45) is 5.92 Å². The Bertz CT molecular complexity index is 373. The van der Waals surface area contributed by atoms with E-state index in [0.29, 0.717) is 0 Å². The van der Waals surface area contributed by atoms with Gasteiger partial charge in [0.25, 0.3) is 0 Å². The fraction of sp³-hybridized carbons (Fsp3) is 0.769. The fourth-order valence-electron chi connectivity index (χ4n) is 2.37. The van der Waals surface area contributed by atoms with Gasteiger partial charge in [-0.25, -0.2) is 4.79 Å². The van der Waals surface area contributed by atoms with Crippen molar-refractivity contribution in [3.63, 3.8) is 0 Å². The third-order valence-electron chi connectivity index (χ3n) is 3.27. The molecule has 0 aromatic rings. The van der Waals surface area contributed by atoms with Crippen molar-refractivity contribution in [1.82, 2.24) is 15.5 Å². The van der Waals surface area contributed by atoms with Crippen LogP contribution in [0.25, 0.3) is 0 Å². The number of aliphatic carboxylic acids is 1. The second kappa shape index (κ2) is 7.84. The fourth-order valence-corrected chi connectivity index (χ4v) is 2.37. The van der Waals surface area contributed by atoms with Gasteiger partial charge in [-0.3, -0.25) is 14.9 Å². The normalized spacial score (nSPS) is 21.0. The lowest BCUT2D eigenvalue weighted by Gasteiger charge is -2.30. The van der Waals surface area contributed by atoms with Crippen molar-refractivity contribution in [3.8, 4) is 0 Å². The Labute approximate surface area is 118 Å². The van der Waals surface area contributed by atoms with Crippen LogP contribution in [0.2, 0.25) is 0 Å². The van der Waals surface area contributed by atoms with E-state index in [1.54, 1.807) is 6.92 Å². The van der Waals surface area contributed by atoms with Gasteiger partial charge in [0.1, 0.15) is 0 Å². The molecule has 20 heavy (non-hydrogen) atoms. The molecule has 1 aliphatic rings. The maximum absolute atomic E-state index is 11.7. The summed E-state index contributed by atoms with van der Waals surface area (Å²) in [6.45, 7) is 3.46. The van der Waals surface area contributed by atoms with Gasteiger partial charge in [-0.1, -0.05) is 6.92 Å². The Balaban J connectivity index is 2.27. The number of urea groups is 1. The monoisotopic (exact) mass is 285 g/mol. The van der Waals surface area contributed by atoms with E-state index in [1.165, 1.54) is 0 Å². The van der Waals surface area contributed by atoms with Crippen molar-refractivity contribution in [2.45, 2.75) is 38.6 Å². The lowest BCUT2D eigenvalue weighted by atomic mass is 10.0. The molecule has 2 unspecified atom stereocenters. The van der Waals surface area contributed by atoms with Crippen molar-refractivity contribution < 1.29 is 19.5 Å². The largest absolute Gasteiger partial charge is 0.481 e. The Morgan fingerprint density at radius 2 is 2.05 bits per heavy atom. The molecule has 0 radical (unpaired) electrons. The Morgan fingerprint density at radius 1 is 1.35 bits per heavy atom. The first-order valence-electron chi connectivity index (χ1n) is 6.87. The number of carboxylic acids is 1. The summed E-state index contributed by atoms with van der Waals surface area (Å²) in [5, 5.41) is 13.6. The number of carbonyl (C=O) groups is 3. The predicted octanol–water partition coefficient (Wildman–Crippen LogP) is 0.407. The summed E-state index contributed by atoms with van der Waals surface area (Å²) in [7, 11) is 1.99. The molecule has 2 atom stereocenters. The molecule has 0 aliphatic carbocycles. The van der Waals surface area contributed by atoms with Gasteiger partial charge >= 0.3 is 12.0 Å². The average Bonchev–Trinajstić information content (AvgIpc) is 2.26. The second-order valence-corrected chi connectivity index (χ2v) is 5.53. The van der Waals surface area contributed by atoms with Gasteiger partial charge in [-0.2, -0.15) is 0 Å². The van der Waals surface area contributed by atoms with Crippen molar-refractivity contribution in [1.29, 1.82) is 0 Å². The molecule has 3 amide bonds. The van der Waals surface area contributed by atoms with E-state index >= 15 is 0 Å². The third-order valence-corrected chi connectivity index (χ3v) is 3.27. The number of nitrogens with zero attached hydrogens (tertiary/aromatic N) is 1. The minimum absolute atomic E-state index is 0.0320. The molecule has 7 heteroatoms. The van der Waals surface area contributed by atoms with Crippen LogP contribution in [-0.2, 0) is 9.59 Å². The topological polar surface area (TPSA) is 98.7 Å². The van der Waals surface area contributed by atoms with Gasteiger partial charge in [-0.15, -0.1) is 0 Å². The summed E-state index contributed by atoms with van der Waals surface area (Å²) < 4.78 is 0. The molecular formula is C13H23N3O4. The minimum Gasteiger partial charge on any atom is -0.481 e. The highest BCUT2D eigenvalue weighted by Gasteiger charge is 2.20. The minimum atomic E-state index is -0.944. The maximum atomic E-state index is 11.7. The van der Waals surface area contributed by atoms with Crippen molar-refractivity contribution >= 4 is 17.9 Å². The van der Waals surface area contributed by atoms with Gasteiger partial charge in [0, 0.05) is 25.4 Å². The first-order valence-corrected chi connectivity index (χ1v) is 6.87. The van der Waals surface area contributed by atoms with Crippen LogP contribution in [0.4, 0.5) is 4.79 Å². The zero-order valence-electron chi connectivity index (χ0n) is 12.0. The number of rotatable bonds is 5. The molecule has 1 fully saturated rings. The third kappa shape index (κ3) is 6.51.